The van der Waals surface area contributed by atoms with Crippen molar-refractivity contribution in [1.29, 1.82) is 5.41 Å². The van der Waals surface area contributed by atoms with Crippen molar-refractivity contribution in [3.8, 4) is 0 Å². The molecule has 22 N–H and O–H groups in total. The number of halogens is 1. The summed E-state index contributed by atoms with van der Waals surface area (Å²) in [5.41, 5.74) is 19.1. The second kappa shape index (κ2) is 40.5. The number of carboxylic acids is 3. The Balaban J connectivity index is 1.29. The Bertz CT molecular complexity index is 3970. The number of fused-ring (bicyclic) bond motifs is 2. The molecule has 35 heteroatoms. The molecule has 105 heavy (non-hydrogen) atoms. The van der Waals surface area contributed by atoms with Crippen molar-refractivity contribution < 1.29 is 82.4 Å². The number of nitrogens with one attached hydrogen (secondary N) is 13. The minimum Gasteiger partial charge on any atom is -0.481 e. The Hall–Kier alpha value is -11.3. The zero-order valence-electron chi connectivity index (χ0n) is 58.2. The number of para-hydroxylation sites is 1. The van der Waals surface area contributed by atoms with Gasteiger partial charge in [-0.15, -0.1) is 0 Å². The van der Waals surface area contributed by atoms with Gasteiger partial charge in [0.05, 0.1) is 19.3 Å². The summed E-state index contributed by atoms with van der Waals surface area (Å²) >= 11 is 6.18. The third-order valence-electron chi connectivity index (χ3n) is 17.1. The van der Waals surface area contributed by atoms with Gasteiger partial charge < -0.3 is 101 Å². The summed E-state index contributed by atoms with van der Waals surface area (Å²) in [4.78, 5) is 196. The number of benzene rings is 4. The maximum absolute atomic E-state index is 15.0. The number of likely N-dealkylation sites (tertiary alicyclic amines) is 1. The number of amides is 11. The van der Waals surface area contributed by atoms with Gasteiger partial charge >= 0.3 is 17.9 Å². The molecule has 566 valence electrons. The number of nitrogens with zero attached hydrogens (tertiary/aromatic N) is 1. The van der Waals surface area contributed by atoms with E-state index in [0.29, 0.717) is 39.0 Å². The third-order valence-corrected chi connectivity index (χ3v) is 17.3. The number of aromatic amines is 1. The molecule has 0 unspecified atom stereocenters. The molecule has 1 aliphatic heterocycles. The second-order valence-electron chi connectivity index (χ2n) is 25.8. The summed E-state index contributed by atoms with van der Waals surface area (Å²) in [5, 5.41) is 67.0. The molecule has 2 heterocycles. The molecular formula is C70H92ClN17O17. The minimum absolute atomic E-state index is 0.0393. The van der Waals surface area contributed by atoms with E-state index in [2.05, 4.69) is 63.5 Å². The number of nitrogens with two attached hydrogens (primary N) is 3. The van der Waals surface area contributed by atoms with E-state index >= 15 is 4.79 Å². The van der Waals surface area contributed by atoms with E-state index in [4.69, 9.17) is 39.3 Å². The molecule has 0 saturated carbocycles. The van der Waals surface area contributed by atoms with Crippen molar-refractivity contribution in [3.05, 3.63) is 119 Å². The van der Waals surface area contributed by atoms with Gasteiger partial charge in [-0.3, -0.25) is 67.7 Å². The number of carbonyl (C=O) groups is 14. The van der Waals surface area contributed by atoms with E-state index in [0.717, 1.165) is 17.7 Å². The van der Waals surface area contributed by atoms with E-state index in [1.807, 2.05) is 18.2 Å². The topological polar surface area (TPSA) is 553 Å². The van der Waals surface area contributed by atoms with E-state index in [1.165, 1.54) is 17.0 Å². The fraction of sp³-hybridized carbons (Fsp3) is 0.443. The lowest BCUT2D eigenvalue weighted by molar-refractivity contribution is -0.145. The fourth-order valence-corrected chi connectivity index (χ4v) is 12.0. The van der Waals surface area contributed by atoms with Crippen LogP contribution in [0.1, 0.15) is 95.2 Å². The molecular weight excluding hydrogens is 1390 g/mol. The summed E-state index contributed by atoms with van der Waals surface area (Å²) in [6.45, 7) is 3.68. The monoisotopic (exact) mass is 1480 g/mol. The van der Waals surface area contributed by atoms with Crippen molar-refractivity contribution in [2.45, 2.75) is 158 Å². The molecule has 0 bridgehead atoms. The standard InChI is InChI=1S/C70H92ClN17O17/c1-37(2)28-49(61(96)81-48(14-8-25-77-70(74)75)68(103)88-27-9-15-56(88)67(102)87-55(35-73)69(104)105)82-63(98)51(31-40-16-19-41-10-4-5-11-42(41)29-40)83-60(95)47(22-24-72)80-66(101)54(34-59(93)94)86-64(99)52(32-43-36-78-46-13-7-6-12-45(43)46)85-62(97)50(30-39-17-20-44(71)21-18-39)84-65(100)53(79-38(3)89)33-57(90)76-26-23-58(91)92/h4-7,10-13,16-21,29,36-37,47-56,78H,8-9,14-15,22-28,30-35,72-73H2,1-3H3,(H,76,90)(H,79,89)(H,80,101)(H,81,96)(H,82,98)(H,83,95)(H,84,100)(H,85,97)(H,86,99)(H,87,102)(H,91,92)(H,93,94)(H,104,105)(H4,74,75,77)/t47-,48-,49-,50+,51+,52-,53-,54-,55-,56-/m0/s1. The molecule has 6 rings (SSSR count). The normalized spacial score (nSPS) is 15.2. The number of guanidine groups is 1. The van der Waals surface area contributed by atoms with Crippen LogP contribution in [0.3, 0.4) is 0 Å². The molecule has 4 aromatic carbocycles. The average molecular weight is 1480 g/mol. The maximum atomic E-state index is 15.0. The summed E-state index contributed by atoms with van der Waals surface area (Å²) < 4.78 is 0. The molecule has 1 saturated heterocycles. The molecule has 0 aliphatic carbocycles. The van der Waals surface area contributed by atoms with Crippen LogP contribution in [0.25, 0.3) is 21.7 Å². The lowest BCUT2D eigenvalue weighted by Crippen LogP contribution is -2.61. The van der Waals surface area contributed by atoms with Crippen LogP contribution in [0, 0.1) is 11.3 Å². The van der Waals surface area contributed by atoms with Crippen LogP contribution in [0.4, 0.5) is 0 Å². The number of carbonyl (C=O) groups excluding carboxylic acids is 11. The van der Waals surface area contributed by atoms with E-state index in [-0.39, 0.29) is 89.4 Å². The van der Waals surface area contributed by atoms with Gasteiger partial charge in [-0.1, -0.05) is 98.2 Å². The lowest BCUT2D eigenvalue weighted by Gasteiger charge is -2.31. The van der Waals surface area contributed by atoms with Crippen LogP contribution < -0.4 is 75.7 Å². The zero-order chi connectivity index (χ0) is 77.0. The van der Waals surface area contributed by atoms with Gasteiger partial charge in [0.2, 0.25) is 65.0 Å². The molecule has 11 amide bonds. The highest BCUT2D eigenvalue weighted by Gasteiger charge is 2.41. The van der Waals surface area contributed by atoms with Crippen molar-refractivity contribution in [2.75, 3.05) is 32.7 Å². The van der Waals surface area contributed by atoms with Gasteiger partial charge in [0.25, 0.3) is 0 Å². The molecule has 5 aromatic rings. The van der Waals surface area contributed by atoms with Gasteiger partial charge in [0, 0.05) is 74.5 Å². The van der Waals surface area contributed by atoms with Crippen LogP contribution in [-0.4, -0.2) is 207 Å². The highest BCUT2D eigenvalue weighted by Crippen LogP contribution is 2.23. The Morgan fingerprint density at radius 1 is 0.581 bits per heavy atom. The molecule has 34 nitrogen and oxygen atoms in total. The largest absolute Gasteiger partial charge is 0.481 e. The molecule has 1 aliphatic rings. The molecule has 0 spiro atoms. The van der Waals surface area contributed by atoms with E-state index < -0.39 is 169 Å². The van der Waals surface area contributed by atoms with Gasteiger partial charge in [0.1, 0.15) is 60.4 Å². The first-order valence-electron chi connectivity index (χ1n) is 34.1. The summed E-state index contributed by atoms with van der Waals surface area (Å²) in [5.74, 6) is -15.2. The summed E-state index contributed by atoms with van der Waals surface area (Å²) in [6.07, 6.45) is -1.43. The maximum Gasteiger partial charge on any atom is 0.327 e. The smallest absolute Gasteiger partial charge is 0.327 e. The van der Waals surface area contributed by atoms with Crippen molar-refractivity contribution >= 4 is 122 Å². The number of carboxylic acid groups (broad SMARTS) is 3. The first-order chi connectivity index (χ1) is 49.9. The molecule has 1 fully saturated rings. The quantitative estimate of drug-likeness (QED) is 0.0121. The Kier molecular flexibility index (Phi) is 31.9. The van der Waals surface area contributed by atoms with Crippen molar-refractivity contribution in [1.82, 2.24) is 68.4 Å². The predicted molar refractivity (Wildman–Crippen MR) is 384 cm³/mol. The molecule has 0 radical (unpaired) electrons. The fourth-order valence-electron chi connectivity index (χ4n) is 11.8. The zero-order valence-corrected chi connectivity index (χ0v) is 59.0. The van der Waals surface area contributed by atoms with E-state index in [1.54, 1.807) is 80.7 Å². The second-order valence-corrected chi connectivity index (χ2v) is 26.2. The number of aromatic nitrogens is 1. The number of hydrogen-bond acceptors (Lipinski definition) is 17. The Labute approximate surface area is 608 Å². The van der Waals surface area contributed by atoms with Crippen molar-refractivity contribution in [2.24, 2.45) is 23.1 Å². The molecule has 1 aromatic heterocycles. The van der Waals surface area contributed by atoms with Crippen LogP contribution in [0.2, 0.25) is 5.02 Å². The summed E-state index contributed by atoms with van der Waals surface area (Å²) in [7, 11) is 0. The van der Waals surface area contributed by atoms with Crippen LogP contribution >= 0.6 is 11.6 Å². The van der Waals surface area contributed by atoms with Gasteiger partial charge in [-0.05, 0) is 96.6 Å². The van der Waals surface area contributed by atoms with Crippen molar-refractivity contribution in [3.63, 3.8) is 0 Å². The van der Waals surface area contributed by atoms with Gasteiger partial charge in [-0.2, -0.15) is 0 Å². The third kappa shape index (κ3) is 26.2. The molecule has 10 atom stereocenters. The first-order valence-corrected chi connectivity index (χ1v) is 34.5. The Morgan fingerprint density at radius 3 is 1.72 bits per heavy atom. The van der Waals surface area contributed by atoms with Gasteiger partial charge in [0.15, 0.2) is 5.96 Å². The number of aliphatic carboxylic acids is 3. The lowest BCUT2D eigenvalue weighted by atomic mass is 9.98. The van der Waals surface area contributed by atoms with Gasteiger partial charge in [-0.25, -0.2) is 4.79 Å². The minimum atomic E-state index is -2.02. The number of rotatable bonds is 41. The van der Waals surface area contributed by atoms with Crippen LogP contribution in [0.5, 0.6) is 0 Å². The SMILES string of the molecule is CC(=O)N[C@@H](CC(=O)NCCC(=O)O)C(=O)N[C@H](Cc1ccc(Cl)cc1)C(=O)N[C@@H](Cc1c[nH]c2ccccc12)C(=O)N[C@@H](CC(=O)O)C(=O)N[C@@H](CCN)C(=O)N[C@H](Cc1ccc2ccccc2c1)C(=O)N[C@@H](CC(C)C)C(=O)N[C@@H](CCCNC(=N)N)C(=O)N1CCC[C@H]1C(=O)N[C@@H](CN)C(=O)O. The van der Waals surface area contributed by atoms with Crippen LogP contribution in [0.15, 0.2) is 97.2 Å². The van der Waals surface area contributed by atoms with E-state index in [9.17, 15) is 72.5 Å². The predicted octanol–water partition coefficient (Wildman–Crippen LogP) is -1.47. The highest BCUT2D eigenvalue weighted by molar-refractivity contribution is 6.30. The highest BCUT2D eigenvalue weighted by atomic mass is 35.5. The number of H-pyrrole nitrogens is 1. The van der Waals surface area contributed by atoms with Crippen LogP contribution in [-0.2, 0) is 86.4 Å². The Morgan fingerprint density at radius 2 is 1.12 bits per heavy atom. The average Bonchev–Trinajstić information content (AvgIpc) is 1.75. The first kappa shape index (κ1) is 82.7. The number of hydrogen-bond donors (Lipinski definition) is 19. The summed E-state index contributed by atoms with van der Waals surface area (Å²) in [6, 6.07) is 9.97.